The Morgan fingerprint density at radius 1 is 1.10 bits per heavy atom. The summed E-state index contributed by atoms with van der Waals surface area (Å²) in [4.78, 5) is 25.0. The molecule has 4 saturated carbocycles. The van der Waals surface area contributed by atoms with Gasteiger partial charge in [0.2, 0.25) is 11.8 Å². The third kappa shape index (κ3) is 5.53. The van der Waals surface area contributed by atoms with Gasteiger partial charge in [-0.25, -0.2) is 0 Å². The smallest absolute Gasteiger partial charge is 0.370 e. The van der Waals surface area contributed by atoms with Crippen LogP contribution >= 0.6 is 23.2 Å². The average molecular weight is 626 g/mol. The number of hydrogen-bond donors (Lipinski definition) is 2. The van der Waals surface area contributed by atoms with E-state index < -0.39 is 44.4 Å². The molecule has 8 nitrogen and oxygen atoms in total. The molecular formula is C26H33Cl2F3N4O4S. The lowest BCUT2D eigenvalue weighted by molar-refractivity contribution is -0.137. The van der Waals surface area contributed by atoms with Crippen LogP contribution in [0.4, 0.5) is 18.9 Å². The topological polar surface area (TPSA) is 113 Å². The second-order valence-corrected chi connectivity index (χ2v) is 14.8. The van der Waals surface area contributed by atoms with Gasteiger partial charge in [-0.05, 0) is 73.3 Å². The molecule has 4 bridgehead atoms. The Labute approximate surface area is 241 Å². The normalized spacial score (nSPS) is 33.2. The summed E-state index contributed by atoms with van der Waals surface area (Å²) < 4.78 is 69.1. The van der Waals surface area contributed by atoms with Crippen LogP contribution in [0, 0.1) is 29.1 Å². The number of nitrogens with zero attached hydrogens (tertiary/aromatic N) is 2. The molecule has 0 aromatic heterocycles. The van der Waals surface area contributed by atoms with Crippen molar-refractivity contribution in [2.24, 2.45) is 34.8 Å². The molecule has 3 N–H and O–H groups in total. The van der Waals surface area contributed by atoms with Gasteiger partial charge in [-0.3, -0.25) is 13.9 Å². The highest BCUT2D eigenvalue weighted by Gasteiger charge is 2.56. The first-order valence-electron chi connectivity index (χ1n) is 13.5. The van der Waals surface area contributed by atoms with E-state index in [0.717, 1.165) is 40.7 Å². The Morgan fingerprint density at radius 3 is 2.23 bits per heavy atom. The van der Waals surface area contributed by atoms with Gasteiger partial charge >= 0.3 is 16.4 Å². The number of rotatable bonds is 7. The van der Waals surface area contributed by atoms with Gasteiger partial charge in [-0.15, -0.1) is 0 Å². The Bertz CT molecular complexity index is 1270. The molecule has 1 aromatic rings. The third-order valence-electron chi connectivity index (χ3n) is 9.26. The second-order valence-electron chi connectivity index (χ2n) is 12.1. The zero-order chi connectivity index (χ0) is 29.2. The van der Waals surface area contributed by atoms with Crippen LogP contribution in [-0.2, 0) is 26.0 Å². The lowest BCUT2D eigenvalue weighted by atomic mass is 9.47. The molecule has 14 heteroatoms. The first-order chi connectivity index (χ1) is 18.6. The van der Waals surface area contributed by atoms with E-state index in [1.165, 1.54) is 0 Å². The fourth-order valence-corrected chi connectivity index (χ4v) is 10.5. The van der Waals surface area contributed by atoms with Crippen LogP contribution in [0.15, 0.2) is 12.1 Å². The van der Waals surface area contributed by atoms with Gasteiger partial charge < -0.3 is 11.1 Å². The predicted molar refractivity (Wildman–Crippen MR) is 145 cm³/mol. The number of halogens is 5. The van der Waals surface area contributed by atoms with Gasteiger partial charge in [0.15, 0.2) is 0 Å². The molecule has 1 aromatic carbocycles. The molecule has 0 spiro atoms. The summed E-state index contributed by atoms with van der Waals surface area (Å²) >= 11 is 12.3. The summed E-state index contributed by atoms with van der Waals surface area (Å²) in [6.45, 7) is 1.49. The van der Waals surface area contributed by atoms with Crippen molar-refractivity contribution >= 4 is 50.9 Å². The maximum atomic E-state index is 13.7. The molecule has 4 aliphatic carbocycles. The molecule has 1 saturated heterocycles. The molecule has 222 valence electrons. The lowest BCUT2D eigenvalue weighted by Gasteiger charge is -2.60. The van der Waals surface area contributed by atoms with Gasteiger partial charge in [0.25, 0.3) is 0 Å². The van der Waals surface area contributed by atoms with Crippen LogP contribution in [0.1, 0.15) is 57.4 Å². The summed E-state index contributed by atoms with van der Waals surface area (Å²) in [7, 11) is -4.33. The van der Waals surface area contributed by atoms with Gasteiger partial charge in [-0.2, -0.15) is 25.9 Å². The fourth-order valence-electron chi connectivity index (χ4n) is 7.89. The number of amides is 2. The van der Waals surface area contributed by atoms with Crippen molar-refractivity contribution in [3.63, 3.8) is 0 Å². The van der Waals surface area contributed by atoms with Crippen molar-refractivity contribution in [1.82, 2.24) is 9.62 Å². The summed E-state index contributed by atoms with van der Waals surface area (Å²) in [5, 5.41) is 2.21. The SMILES string of the molecule is CCC1CN(CC(=O)NC2C3CC4CC2CC(CC(N)=O)(C4)C3)S(=O)(=O)N(c2c(Cl)cc(C(F)(F)F)cc2Cl)C1. The molecule has 2 amide bonds. The molecule has 5 fully saturated rings. The largest absolute Gasteiger partial charge is 0.416 e. The number of primary amides is 1. The molecule has 5 aliphatic rings. The fraction of sp³-hybridized carbons (Fsp3) is 0.692. The Balaban J connectivity index is 1.34. The quantitative estimate of drug-likeness (QED) is 0.462. The molecular weight excluding hydrogens is 592 g/mol. The van der Waals surface area contributed by atoms with Gasteiger partial charge in [0, 0.05) is 25.6 Å². The highest BCUT2D eigenvalue weighted by atomic mass is 35.5. The molecule has 1 heterocycles. The second kappa shape index (κ2) is 10.5. The minimum absolute atomic E-state index is 0.0299. The van der Waals surface area contributed by atoms with E-state index in [9.17, 15) is 31.2 Å². The van der Waals surface area contributed by atoms with Gasteiger partial charge in [-0.1, -0.05) is 36.5 Å². The van der Waals surface area contributed by atoms with Gasteiger partial charge in [0.05, 0.1) is 27.8 Å². The zero-order valence-electron chi connectivity index (χ0n) is 22.0. The lowest BCUT2D eigenvalue weighted by Crippen LogP contribution is -2.61. The van der Waals surface area contributed by atoms with Gasteiger partial charge in [0.1, 0.15) is 0 Å². The minimum atomic E-state index is -4.71. The van der Waals surface area contributed by atoms with E-state index in [-0.39, 0.29) is 53.9 Å². The van der Waals surface area contributed by atoms with E-state index in [0.29, 0.717) is 30.9 Å². The molecule has 3 atom stereocenters. The van der Waals surface area contributed by atoms with Crippen molar-refractivity contribution in [2.75, 3.05) is 23.9 Å². The molecule has 40 heavy (non-hydrogen) atoms. The number of benzene rings is 1. The highest BCUT2D eigenvalue weighted by Crippen LogP contribution is 2.61. The molecule has 0 radical (unpaired) electrons. The Hall–Kier alpha value is -1.76. The maximum Gasteiger partial charge on any atom is 0.416 e. The van der Waals surface area contributed by atoms with E-state index in [2.05, 4.69) is 5.32 Å². The maximum absolute atomic E-state index is 13.7. The molecule has 3 unspecified atom stereocenters. The number of anilines is 1. The van der Waals surface area contributed by atoms with Crippen LogP contribution < -0.4 is 15.4 Å². The van der Waals surface area contributed by atoms with Crippen LogP contribution in [0.2, 0.25) is 10.0 Å². The van der Waals surface area contributed by atoms with Crippen molar-refractivity contribution in [1.29, 1.82) is 0 Å². The monoisotopic (exact) mass is 624 g/mol. The number of nitrogens with two attached hydrogens (primary N) is 1. The number of hydrogen-bond acceptors (Lipinski definition) is 4. The van der Waals surface area contributed by atoms with Crippen LogP contribution in [0.3, 0.4) is 0 Å². The van der Waals surface area contributed by atoms with Crippen molar-refractivity contribution in [3.05, 3.63) is 27.7 Å². The molecule has 1 aliphatic heterocycles. The van der Waals surface area contributed by atoms with Crippen molar-refractivity contribution in [3.8, 4) is 0 Å². The van der Waals surface area contributed by atoms with Crippen molar-refractivity contribution in [2.45, 2.75) is 64.1 Å². The minimum Gasteiger partial charge on any atom is -0.370 e. The standard InChI is InChI=1S/C26H33Cl2F3N4O4S/c1-2-14-11-34(40(38,39)35(12-14)24-19(27)5-18(6-20(24)28)26(29,30)31)13-22(37)33-23-16-3-15-4-17(23)9-25(7-15,8-16)10-21(32)36/h5-6,14-17,23H,2-4,7-13H2,1H3,(H2,32,36)(H,33,37). The summed E-state index contributed by atoms with van der Waals surface area (Å²) in [5.41, 5.74) is 4.11. The first-order valence-corrected chi connectivity index (χ1v) is 15.7. The first kappa shape index (κ1) is 29.7. The number of nitrogens with one attached hydrogen (secondary N) is 1. The summed E-state index contributed by atoms with van der Waals surface area (Å²) in [6.07, 6.45) is 0.738. The van der Waals surface area contributed by atoms with E-state index in [1.54, 1.807) is 0 Å². The van der Waals surface area contributed by atoms with E-state index in [4.69, 9.17) is 28.9 Å². The highest BCUT2D eigenvalue weighted by molar-refractivity contribution is 7.90. The Kier molecular flexibility index (Phi) is 7.80. The zero-order valence-corrected chi connectivity index (χ0v) is 24.3. The number of alkyl halides is 3. The number of carbonyl (C=O) groups is 2. The van der Waals surface area contributed by atoms with Crippen molar-refractivity contribution < 1.29 is 31.2 Å². The predicted octanol–water partition coefficient (Wildman–Crippen LogP) is 4.59. The third-order valence-corrected chi connectivity index (χ3v) is 11.7. The Morgan fingerprint density at radius 2 is 1.70 bits per heavy atom. The average Bonchev–Trinajstić information content (AvgIpc) is 2.81. The van der Waals surface area contributed by atoms with Crippen LogP contribution in [0.5, 0.6) is 0 Å². The summed E-state index contributed by atoms with van der Waals surface area (Å²) in [6, 6.07) is 1.21. The van der Waals surface area contributed by atoms with E-state index in [1.807, 2.05) is 6.92 Å². The molecule has 6 rings (SSSR count). The number of carbonyl (C=O) groups excluding carboxylic acids is 2. The van der Waals surface area contributed by atoms with Crippen LogP contribution in [-0.4, -0.2) is 50.2 Å². The van der Waals surface area contributed by atoms with E-state index >= 15 is 0 Å². The van der Waals surface area contributed by atoms with Crippen LogP contribution in [0.25, 0.3) is 0 Å². The summed E-state index contributed by atoms with van der Waals surface area (Å²) in [5.74, 6) is -0.0353.